The normalized spacial score (nSPS) is 12.4. The van der Waals surface area contributed by atoms with Gasteiger partial charge in [-0.15, -0.1) is 0 Å². The van der Waals surface area contributed by atoms with E-state index in [-0.39, 0.29) is 0 Å². The number of rotatable bonds is 5. The summed E-state index contributed by atoms with van der Waals surface area (Å²) < 4.78 is 26.6. The molecule has 4 rings (SSSR count). The van der Waals surface area contributed by atoms with Crippen LogP contribution in [0, 0.1) is 0 Å². The number of methoxy groups -OCH3 is 3. The zero-order chi connectivity index (χ0) is 18.1. The van der Waals surface area contributed by atoms with Crippen molar-refractivity contribution >= 4 is 11.5 Å². The molecule has 0 bridgehead atoms. The average molecular weight is 369 g/mol. The van der Waals surface area contributed by atoms with Crippen LogP contribution in [0.5, 0.6) is 23.0 Å². The van der Waals surface area contributed by atoms with Crippen LogP contribution in [0.15, 0.2) is 36.4 Å². The summed E-state index contributed by atoms with van der Waals surface area (Å²) in [6.45, 7) is 0.756. The molecule has 0 atom stereocenters. The molecule has 0 saturated carbocycles. The molecule has 134 valence electrons. The second kappa shape index (κ2) is 6.88. The van der Waals surface area contributed by atoms with E-state index in [1.165, 1.54) is 17.1 Å². The van der Waals surface area contributed by atoms with Crippen LogP contribution in [-0.2, 0) is 6.42 Å². The smallest absolute Gasteiger partial charge is 0.203 e. The van der Waals surface area contributed by atoms with Gasteiger partial charge < -0.3 is 18.9 Å². The predicted octanol–water partition coefficient (Wildman–Crippen LogP) is 4.44. The van der Waals surface area contributed by atoms with Gasteiger partial charge in [0.2, 0.25) is 5.75 Å². The molecule has 2 aromatic carbocycles. The van der Waals surface area contributed by atoms with Gasteiger partial charge in [0.1, 0.15) is 5.75 Å². The fraction of sp³-hybridized carbons (Fsp3) is 0.250. The highest BCUT2D eigenvalue weighted by Crippen LogP contribution is 2.43. The highest BCUT2D eigenvalue weighted by molar-refractivity contribution is 7.09. The Bertz CT molecular complexity index is 926. The maximum Gasteiger partial charge on any atom is 0.203 e. The Hall–Kier alpha value is -2.73. The lowest BCUT2D eigenvalue weighted by Crippen LogP contribution is -1.95. The molecule has 3 aromatic rings. The van der Waals surface area contributed by atoms with Crippen molar-refractivity contribution in [2.24, 2.45) is 0 Å². The van der Waals surface area contributed by atoms with Crippen molar-refractivity contribution in [1.29, 1.82) is 0 Å². The molecule has 0 amide bonds. The zero-order valence-electron chi connectivity index (χ0n) is 14.9. The van der Waals surface area contributed by atoms with Crippen molar-refractivity contribution in [3.8, 4) is 44.7 Å². The van der Waals surface area contributed by atoms with Crippen LogP contribution < -0.4 is 18.9 Å². The van der Waals surface area contributed by atoms with E-state index in [2.05, 4.69) is 28.6 Å². The first kappa shape index (κ1) is 16.7. The third-order valence-corrected chi connectivity index (χ3v) is 5.29. The maximum atomic E-state index is 5.67. The van der Waals surface area contributed by atoms with Gasteiger partial charge in [0.25, 0.3) is 0 Å². The predicted molar refractivity (Wildman–Crippen MR) is 102 cm³/mol. The first-order chi connectivity index (χ1) is 12.7. The minimum atomic E-state index is 0.583. The molecule has 5 nitrogen and oxygen atoms in total. The van der Waals surface area contributed by atoms with Gasteiger partial charge in [0, 0.05) is 17.5 Å². The highest BCUT2D eigenvalue weighted by Gasteiger charge is 2.17. The minimum absolute atomic E-state index is 0.583. The van der Waals surface area contributed by atoms with Crippen LogP contribution >= 0.6 is 11.5 Å². The third-order valence-electron chi connectivity index (χ3n) is 4.45. The summed E-state index contributed by atoms with van der Waals surface area (Å²) in [6.07, 6.45) is 0.976. The van der Waals surface area contributed by atoms with Gasteiger partial charge in [-0.3, -0.25) is 0 Å². The Morgan fingerprint density at radius 1 is 0.923 bits per heavy atom. The molecule has 26 heavy (non-hydrogen) atoms. The molecule has 1 aliphatic rings. The molecule has 0 saturated heterocycles. The summed E-state index contributed by atoms with van der Waals surface area (Å²) in [7, 11) is 4.83. The first-order valence-corrected chi connectivity index (χ1v) is 9.04. The van der Waals surface area contributed by atoms with Crippen LogP contribution in [0.4, 0.5) is 0 Å². The van der Waals surface area contributed by atoms with E-state index >= 15 is 0 Å². The summed E-state index contributed by atoms with van der Waals surface area (Å²) in [6, 6.07) is 12.2. The Morgan fingerprint density at radius 3 is 2.38 bits per heavy atom. The van der Waals surface area contributed by atoms with Crippen molar-refractivity contribution in [2.75, 3.05) is 27.9 Å². The molecular formula is C20H19NO4S. The second-order valence-electron chi connectivity index (χ2n) is 5.91. The van der Waals surface area contributed by atoms with E-state index in [1.807, 2.05) is 12.1 Å². The molecule has 0 aliphatic carbocycles. The van der Waals surface area contributed by atoms with E-state index in [4.69, 9.17) is 18.9 Å². The van der Waals surface area contributed by atoms with Crippen molar-refractivity contribution in [3.63, 3.8) is 0 Å². The molecule has 0 unspecified atom stereocenters. The van der Waals surface area contributed by atoms with Gasteiger partial charge in [0.15, 0.2) is 11.5 Å². The van der Waals surface area contributed by atoms with Crippen LogP contribution in [0.3, 0.4) is 0 Å². The minimum Gasteiger partial charge on any atom is -0.493 e. The molecule has 6 heteroatoms. The molecule has 1 aliphatic heterocycles. The van der Waals surface area contributed by atoms with E-state index in [9.17, 15) is 0 Å². The standard InChI is InChI=1S/C20H19NO4S/c1-22-17-9-14(10-18(23-2)20(17)24-3)19-11-15(21-26-19)13-5-4-12-6-7-25-16(12)8-13/h4-5,8-11H,6-7H2,1-3H3. The van der Waals surface area contributed by atoms with Crippen molar-refractivity contribution < 1.29 is 18.9 Å². The summed E-state index contributed by atoms with van der Waals surface area (Å²) in [5, 5.41) is 0. The quantitative estimate of drug-likeness (QED) is 0.666. The van der Waals surface area contributed by atoms with Crippen molar-refractivity contribution in [3.05, 3.63) is 42.0 Å². The lowest BCUT2D eigenvalue weighted by molar-refractivity contribution is 0.324. The molecule has 1 aromatic heterocycles. The van der Waals surface area contributed by atoms with Crippen LogP contribution in [0.25, 0.3) is 21.7 Å². The van der Waals surface area contributed by atoms with Crippen LogP contribution in [-0.4, -0.2) is 32.3 Å². The summed E-state index contributed by atoms with van der Waals surface area (Å²) in [5.41, 5.74) is 4.21. The largest absolute Gasteiger partial charge is 0.493 e. The number of fused-ring (bicyclic) bond motifs is 1. The third kappa shape index (κ3) is 2.86. The molecule has 0 fully saturated rings. The van der Waals surface area contributed by atoms with Gasteiger partial charge in [-0.05, 0) is 41.4 Å². The van der Waals surface area contributed by atoms with Gasteiger partial charge in [-0.2, -0.15) is 4.37 Å². The van der Waals surface area contributed by atoms with Gasteiger partial charge in [-0.1, -0.05) is 12.1 Å². The van der Waals surface area contributed by atoms with E-state index in [0.717, 1.165) is 40.5 Å². The molecule has 0 radical (unpaired) electrons. The Kier molecular flexibility index (Phi) is 4.42. The fourth-order valence-corrected chi connectivity index (χ4v) is 3.84. The fourth-order valence-electron chi connectivity index (χ4n) is 3.10. The summed E-state index contributed by atoms with van der Waals surface area (Å²) >= 11 is 1.44. The van der Waals surface area contributed by atoms with Crippen LogP contribution in [0.2, 0.25) is 0 Å². The first-order valence-electron chi connectivity index (χ1n) is 8.26. The Morgan fingerprint density at radius 2 is 1.69 bits per heavy atom. The molecule has 2 heterocycles. The second-order valence-corrected chi connectivity index (χ2v) is 6.72. The van der Waals surface area contributed by atoms with Crippen molar-refractivity contribution in [2.45, 2.75) is 6.42 Å². The number of nitrogens with zero attached hydrogens (tertiary/aromatic N) is 1. The maximum absolute atomic E-state index is 5.67. The average Bonchev–Trinajstić information content (AvgIpc) is 3.35. The van der Waals surface area contributed by atoms with Crippen molar-refractivity contribution in [1.82, 2.24) is 4.37 Å². The lowest BCUT2D eigenvalue weighted by Gasteiger charge is -2.13. The van der Waals surface area contributed by atoms with Gasteiger partial charge in [0.05, 0.1) is 38.5 Å². The highest BCUT2D eigenvalue weighted by atomic mass is 32.1. The van der Waals surface area contributed by atoms with Crippen LogP contribution in [0.1, 0.15) is 5.56 Å². The number of hydrogen-bond acceptors (Lipinski definition) is 6. The number of aromatic nitrogens is 1. The zero-order valence-corrected chi connectivity index (χ0v) is 15.7. The van der Waals surface area contributed by atoms with E-state index in [1.54, 1.807) is 21.3 Å². The lowest BCUT2D eigenvalue weighted by atomic mass is 10.1. The van der Waals surface area contributed by atoms with E-state index < -0.39 is 0 Å². The Balaban J connectivity index is 1.72. The van der Waals surface area contributed by atoms with Gasteiger partial charge in [-0.25, -0.2) is 0 Å². The molecule has 0 N–H and O–H groups in total. The SMILES string of the molecule is COc1cc(-c2cc(-c3ccc4c(c3)OCC4)ns2)cc(OC)c1OC. The monoisotopic (exact) mass is 369 g/mol. The number of benzene rings is 2. The number of ether oxygens (including phenoxy) is 4. The topological polar surface area (TPSA) is 49.8 Å². The summed E-state index contributed by atoms with van der Waals surface area (Å²) in [4.78, 5) is 1.03. The molecular weight excluding hydrogens is 350 g/mol. The van der Waals surface area contributed by atoms with Gasteiger partial charge >= 0.3 is 0 Å². The Labute approximate surface area is 156 Å². The van der Waals surface area contributed by atoms with E-state index in [0.29, 0.717) is 17.2 Å². The molecule has 0 spiro atoms. The number of hydrogen-bond donors (Lipinski definition) is 0. The summed E-state index contributed by atoms with van der Waals surface area (Å²) in [5.74, 6) is 2.80.